The van der Waals surface area contributed by atoms with Gasteiger partial charge in [0, 0.05) is 6.54 Å². The molecule has 1 aromatic heterocycles. The monoisotopic (exact) mass is 197 g/mol. The van der Waals surface area contributed by atoms with Gasteiger partial charge in [0.15, 0.2) is 0 Å². The summed E-state index contributed by atoms with van der Waals surface area (Å²) in [7, 11) is 0. The van der Waals surface area contributed by atoms with Gasteiger partial charge in [0.1, 0.15) is 16.8 Å². The average molecular weight is 198 g/mol. The molecule has 0 aliphatic heterocycles. The molecule has 0 aliphatic rings. The molecule has 0 atom stereocenters. The molecule has 1 rings (SSSR count). The fourth-order valence-corrected chi connectivity index (χ4v) is 1.48. The van der Waals surface area contributed by atoms with Crippen LogP contribution in [0.5, 0.6) is 0 Å². The lowest BCUT2D eigenvalue weighted by Crippen LogP contribution is -1.99. The van der Waals surface area contributed by atoms with Gasteiger partial charge in [-0.15, -0.1) is 0 Å². The summed E-state index contributed by atoms with van der Waals surface area (Å²) in [5, 5.41) is 13.5. The number of hydrogen-bond acceptors (Lipinski definition) is 2. The molecule has 1 heterocycles. The van der Waals surface area contributed by atoms with E-state index in [-0.39, 0.29) is 0 Å². The lowest BCUT2D eigenvalue weighted by atomic mass is 10.2. The third-order valence-electron chi connectivity index (χ3n) is 1.85. The van der Waals surface area contributed by atoms with Crippen LogP contribution in [0.2, 0.25) is 5.15 Å². The van der Waals surface area contributed by atoms with E-state index in [2.05, 4.69) is 18.1 Å². The van der Waals surface area contributed by atoms with E-state index >= 15 is 0 Å². The molecule has 0 unspecified atom stereocenters. The van der Waals surface area contributed by atoms with Gasteiger partial charge in [-0.3, -0.25) is 4.68 Å². The maximum absolute atomic E-state index is 8.82. The summed E-state index contributed by atoms with van der Waals surface area (Å²) in [6, 6.07) is 2.08. The zero-order chi connectivity index (χ0) is 9.84. The molecule has 3 nitrogen and oxygen atoms in total. The average Bonchev–Trinajstić information content (AvgIpc) is 2.44. The molecule has 70 valence electrons. The van der Waals surface area contributed by atoms with Gasteiger partial charge < -0.3 is 0 Å². The minimum Gasteiger partial charge on any atom is -0.252 e. The zero-order valence-electron chi connectivity index (χ0n) is 7.84. The molecular formula is C9H12ClN3. The highest BCUT2D eigenvalue weighted by Crippen LogP contribution is 2.19. The molecule has 0 N–H and O–H groups in total. The Balaban J connectivity index is 3.12. The minimum atomic E-state index is 0.473. The van der Waals surface area contributed by atoms with E-state index in [1.807, 2.05) is 6.92 Å². The molecule has 0 radical (unpaired) electrons. The smallest absolute Gasteiger partial charge is 0.145 e. The molecule has 0 bridgehead atoms. The van der Waals surface area contributed by atoms with Crippen molar-refractivity contribution in [2.24, 2.45) is 0 Å². The molecule has 0 aliphatic carbocycles. The number of aromatic nitrogens is 2. The Morgan fingerprint density at radius 2 is 2.23 bits per heavy atom. The first kappa shape index (κ1) is 10.1. The van der Waals surface area contributed by atoms with Crippen LogP contribution in [-0.4, -0.2) is 9.78 Å². The molecule has 0 aromatic carbocycles. The Morgan fingerprint density at radius 3 is 2.62 bits per heavy atom. The van der Waals surface area contributed by atoms with E-state index in [9.17, 15) is 0 Å². The van der Waals surface area contributed by atoms with Crippen LogP contribution >= 0.6 is 11.6 Å². The Labute approximate surface area is 82.9 Å². The number of rotatable bonds is 3. The highest BCUT2D eigenvalue weighted by molar-refractivity contribution is 6.30. The molecule has 0 spiro atoms. The van der Waals surface area contributed by atoms with Crippen molar-refractivity contribution in [1.29, 1.82) is 5.26 Å². The van der Waals surface area contributed by atoms with E-state index in [1.54, 1.807) is 4.68 Å². The molecular weight excluding hydrogens is 186 g/mol. The van der Waals surface area contributed by atoms with Crippen LogP contribution in [-0.2, 0) is 13.0 Å². The highest BCUT2D eigenvalue weighted by Gasteiger charge is 2.13. The van der Waals surface area contributed by atoms with Crippen molar-refractivity contribution in [3.05, 3.63) is 16.4 Å². The van der Waals surface area contributed by atoms with E-state index in [0.717, 1.165) is 25.1 Å². The number of nitriles is 1. The Hall–Kier alpha value is -1.01. The van der Waals surface area contributed by atoms with Crippen molar-refractivity contribution < 1.29 is 0 Å². The van der Waals surface area contributed by atoms with Gasteiger partial charge in [-0.2, -0.15) is 10.4 Å². The van der Waals surface area contributed by atoms with Crippen molar-refractivity contribution >= 4 is 11.6 Å². The molecule has 13 heavy (non-hydrogen) atoms. The quantitative estimate of drug-likeness (QED) is 0.747. The number of nitrogens with zero attached hydrogens (tertiary/aromatic N) is 3. The Morgan fingerprint density at radius 1 is 1.54 bits per heavy atom. The second-order valence-corrected chi connectivity index (χ2v) is 3.16. The van der Waals surface area contributed by atoms with Crippen LogP contribution < -0.4 is 0 Å². The SMILES string of the molecule is CCCn1nc(CC)c(C#N)c1Cl. The van der Waals surface area contributed by atoms with Crippen molar-refractivity contribution in [2.75, 3.05) is 0 Å². The lowest BCUT2D eigenvalue weighted by molar-refractivity contribution is 0.596. The van der Waals surface area contributed by atoms with Gasteiger partial charge in [-0.25, -0.2) is 0 Å². The summed E-state index contributed by atoms with van der Waals surface area (Å²) in [5.41, 5.74) is 1.32. The van der Waals surface area contributed by atoms with E-state index in [1.165, 1.54) is 0 Å². The van der Waals surface area contributed by atoms with E-state index in [4.69, 9.17) is 16.9 Å². The summed E-state index contributed by atoms with van der Waals surface area (Å²) in [6.07, 6.45) is 1.72. The Kier molecular flexibility index (Phi) is 3.32. The van der Waals surface area contributed by atoms with E-state index in [0.29, 0.717) is 10.7 Å². The topological polar surface area (TPSA) is 41.6 Å². The van der Waals surface area contributed by atoms with Crippen LogP contribution in [0.15, 0.2) is 0 Å². The third-order valence-corrected chi connectivity index (χ3v) is 2.23. The predicted molar refractivity (Wildman–Crippen MR) is 51.6 cm³/mol. The first-order valence-electron chi connectivity index (χ1n) is 4.39. The summed E-state index contributed by atoms with van der Waals surface area (Å²) in [5.74, 6) is 0. The summed E-state index contributed by atoms with van der Waals surface area (Å²) < 4.78 is 1.69. The molecule has 0 fully saturated rings. The van der Waals surface area contributed by atoms with Gasteiger partial charge in [0.25, 0.3) is 0 Å². The van der Waals surface area contributed by atoms with E-state index < -0.39 is 0 Å². The lowest BCUT2D eigenvalue weighted by Gasteiger charge is -1.97. The van der Waals surface area contributed by atoms with Crippen molar-refractivity contribution in [3.63, 3.8) is 0 Å². The number of hydrogen-bond donors (Lipinski definition) is 0. The number of aryl methyl sites for hydroxylation is 2. The van der Waals surface area contributed by atoms with Crippen LogP contribution in [0.25, 0.3) is 0 Å². The van der Waals surface area contributed by atoms with Crippen molar-refractivity contribution in [1.82, 2.24) is 9.78 Å². The zero-order valence-corrected chi connectivity index (χ0v) is 8.60. The minimum absolute atomic E-state index is 0.473. The Bertz CT molecular complexity index is 335. The number of halogens is 1. The van der Waals surface area contributed by atoms with Crippen LogP contribution in [0, 0.1) is 11.3 Å². The standard InChI is InChI=1S/C9H12ClN3/c1-3-5-13-9(10)7(6-11)8(4-2)12-13/h3-5H2,1-2H3. The fourth-order valence-electron chi connectivity index (χ4n) is 1.21. The molecule has 1 aromatic rings. The summed E-state index contributed by atoms with van der Waals surface area (Å²) >= 11 is 5.97. The van der Waals surface area contributed by atoms with Gasteiger partial charge in [-0.05, 0) is 12.8 Å². The second-order valence-electron chi connectivity index (χ2n) is 2.80. The largest absolute Gasteiger partial charge is 0.252 e. The maximum Gasteiger partial charge on any atom is 0.145 e. The first-order valence-corrected chi connectivity index (χ1v) is 4.77. The van der Waals surface area contributed by atoms with Crippen LogP contribution in [0.4, 0.5) is 0 Å². The molecule has 0 amide bonds. The second kappa shape index (κ2) is 4.29. The van der Waals surface area contributed by atoms with Crippen molar-refractivity contribution in [3.8, 4) is 6.07 Å². The molecule has 0 saturated heterocycles. The van der Waals surface area contributed by atoms with Crippen LogP contribution in [0.3, 0.4) is 0 Å². The highest BCUT2D eigenvalue weighted by atomic mass is 35.5. The normalized spacial score (nSPS) is 10.0. The predicted octanol–water partition coefficient (Wildman–Crippen LogP) is 2.38. The third kappa shape index (κ3) is 1.84. The van der Waals surface area contributed by atoms with Gasteiger partial charge in [-0.1, -0.05) is 25.4 Å². The summed E-state index contributed by atoms with van der Waals surface area (Å²) in [4.78, 5) is 0. The van der Waals surface area contributed by atoms with Crippen molar-refractivity contribution in [2.45, 2.75) is 33.2 Å². The van der Waals surface area contributed by atoms with Gasteiger partial charge >= 0.3 is 0 Å². The van der Waals surface area contributed by atoms with Gasteiger partial charge in [0.2, 0.25) is 0 Å². The van der Waals surface area contributed by atoms with Crippen LogP contribution in [0.1, 0.15) is 31.5 Å². The molecule has 4 heteroatoms. The summed E-state index contributed by atoms with van der Waals surface area (Å²) in [6.45, 7) is 4.79. The van der Waals surface area contributed by atoms with Gasteiger partial charge in [0.05, 0.1) is 5.69 Å². The molecule has 0 saturated carbocycles. The fraction of sp³-hybridized carbons (Fsp3) is 0.556. The first-order chi connectivity index (χ1) is 6.24. The maximum atomic E-state index is 8.82.